The largest absolute Gasteiger partial charge is 0.462 e. The molecule has 0 aliphatic rings. The van der Waals surface area contributed by atoms with Crippen molar-refractivity contribution >= 4 is 17.9 Å². The lowest BCUT2D eigenvalue weighted by Gasteiger charge is -2.18. The summed E-state index contributed by atoms with van der Waals surface area (Å²) in [5, 5.41) is 0. The van der Waals surface area contributed by atoms with Gasteiger partial charge in [0.1, 0.15) is 13.2 Å². The summed E-state index contributed by atoms with van der Waals surface area (Å²) in [5.74, 6) is -0.983. The SMILES string of the molecule is CC/C=C\C/C=C\C/C=C\C/C=C\C/C=C\C/C=C\C/C=C\CCCC(=O)OC(COC(=O)CCCCCCC/C=C\C/C=C\CCC)COC(=O)CCCCCCCCCCCCCCC/C=C\C/C=C\CCCCCCC. The summed E-state index contributed by atoms with van der Waals surface area (Å²) in [7, 11) is 0. The van der Waals surface area contributed by atoms with Crippen molar-refractivity contribution in [3.05, 3.63) is 134 Å². The second-order valence-corrected chi connectivity index (χ2v) is 21.3. The van der Waals surface area contributed by atoms with Crippen molar-refractivity contribution in [2.75, 3.05) is 13.2 Å². The predicted molar refractivity (Wildman–Crippen MR) is 343 cm³/mol. The van der Waals surface area contributed by atoms with Crippen molar-refractivity contribution in [3.63, 3.8) is 0 Å². The van der Waals surface area contributed by atoms with Crippen LogP contribution in [0.15, 0.2) is 134 Å². The van der Waals surface area contributed by atoms with Crippen LogP contribution in [0, 0.1) is 0 Å². The van der Waals surface area contributed by atoms with Crippen molar-refractivity contribution in [2.45, 2.75) is 297 Å². The molecule has 0 N–H and O–H groups in total. The van der Waals surface area contributed by atoms with Gasteiger partial charge in [-0.25, -0.2) is 0 Å². The van der Waals surface area contributed by atoms with Gasteiger partial charge in [0.05, 0.1) is 0 Å². The Hall–Kier alpha value is -4.45. The lowest BCUT2D eigenvalue weighted by Crippen LogP contribution is -2.30. The normalized spacial score (nSPS) is 13.0. The van der Waals surface area contributed by atoms with E-state index in [0.717, 1.165) is 128 Å². The summed E-state index contributed by atoms with van der Waals surface area (Å²) in [4.78, 5) is 38.3. The average Bonchev–Trinajstić information content (AvgIpc) is 3.45. The molecule has 6 heteroatoms. The van der Waals surface area contributed by atoms with E-state index in [1.807, 2.05) is 0 Å². The Labute approximate surface area is 487 Å². The molecule has 0 aromatic carbocycles. The van der Waals surface area contributed by atoms with E-state index < -0.39 is 6.10 Å². The molecule has 0 aliphatic carbocycles. The van der Waals surface area contributed by atoms with Crippen LogP contribution in [0.1, 0.15) is 290 Å². The number of hydrogen-bond donors (Lipinski definition) is 0. The lowest BCUT2D eigenvalue weighted by molar-refractivity contribution is -0.167. The molecule has 0 bridgehead atoms. The Bertz CT molecular complexity index is 1680. The van der Waals surface area contributed by atoms with Gasteiger partial charge in [0.2, 0.25) is 0 Å². The molecule has 0 spiro atoms. The van der Waals surface area contributed by atoms with Gasteiger partial charge in [0.25, 0.3) is 0 Å². The quantitative estimate of drug-likeness (QED) is 0.0261. The summed E-state index contributed by atoms with van der Waals surface area (Å²) < 4.78 is 16.9. The van der Waals surface area contributed by atoms with Crippen LogP contribution >= 0.6 is 0 Å². The molecule has 0 saturated heterocycles. The minimum Gasteiger partial charge on any atom is -0.462 e. The zero-order valence-corrected chi connectivity index (χ0v) is 51.3. The number of unbranched alkanes of at least 4 members (excludes halogenated alkanes) is 25. The van der Waals surface area contributed by atoms with Gasteiger partial charge >= 0.3 is 17.9 Å². The van der Waals surface area contributed by atoms with Crippen LogP contribution in [0.5, 0.6) is 0 Å². The molecule has 0 aromatic rings. The van der Waals surface area contributed by atoms with Crippen molar-refractivity contribution in [2.24, 2.45) is 0 Å². The molecule has 0 amide bonds. The highest BCUT2D eigenvalue weighted by Gasteiger charge is 2.19. The van der Waals surface area contributed by atoms with Gasteiger partial charge in [0.15, 0.2) is 6.10 Å². The highest BCUT2D eigenvalue weighted by molar-refractivity contribution is 5.71. The highest BCUT2D eigenvalue weighted by Crippen LogP contribution is 2.15. The van der Waals surface area contributed by atoms with E-state index in [2.05, 4.69) is 154 Å². The number of hydrogen-bond acceptors (Lipinski definition) is 6. The maximum atomic E-state index is 12.9. The second-order valence-electron chi connectivity index (χ2n) is 21.3. The van der Waals surface area contributed by atoms with Crippen molar-refractivity contribution in [3.8, 4) is 0 Å². The Kier molecular flexibility index (Phi) is 62.3. The minimum absolute atomic E-state index is 0.109. The van der Waals surface area contributed by atoms with E-state index in [9.17, 15) is 14.4 Å². The Balaban J connectivity index is 4.43. The molecule has 1 unspecified atom stereocenters. The summed E-state index contributed by atoms with van der Waals surface area (Å²) in [5.41, 5.74) is 0. The molecular weight excluding hydrogens is 973 g/mol. The van der Waals surface area contributed by atoms with E-state index in [1.165, 1.54) is 116 Å². The van der Waals surface area contributed by atoms with Gasteiger partial charge in [-0.3, -0.25) is 14.4 Å². The third kappa shape index (κ3) is 64.3. The number of allylic oxidation sites excluding steroid dienone is 22. The maximum absolute atomic E-state index is 12.9. The van der Waals surface area contributed by atoms with Crippen molar-refractivity contribution in [1.29, 1.82) is 0 Å². The third-order valence-electron chi connectivity index (χ3n) is 13.6. The van der Waals surface area contributed by atoms with Gasteiger partial charge in [-0.1, -0.05) is 276 Å². The van der Waals surface area contributed by atoms with Gasteiger partial charge in [-0.05, 0) is 128 Å². The van der Waals surface area contributed by atoms with E-state index in [0.29, 0.717) is 19.3 Å². The summed E-state index contributed by atoms with van der Waals surface area (Å²) in [6, 6.07) is 0. The van der Waals surface area contributed by atoms with Crippen LogP contribution in [0.3, 0.4) is 0 Å². The third-order valence-corrected chi connectivity index (χ3v) is 13.6. The van der Waals surface area contributed by atoms with E-state index in [-0.39, 0.29) is 37.5 Å². The first-order valence-corrected chi connectivity index (χ1v) is 32.7. The van der Waals surface area contributed by atoms with Crippen LogP contribution in [0.2, 0.25) is 0 Å². The van der Waals surface area contributed by atoms with Crippen LogP contribution < -0.4 is 0 Å². The predicted octanol–water partition coefficient (Wildman–Crippen LogP) is 22.5. The van der Waals surface area contributed by atoms with Crippen LogP contribution in [0.4, 0.5) is 0 Å². The van der Waals surface area contributed by atoms with Crippen LogP contribution in [-0.2, 0) is 28.6 Å². The maximum Gasteiger partial charge on any atom is 0.306 e. The molecule has 1 atom stereocenters. The minimum atomic E-state index is -0.821. The topological polar surface area (TPSA) is 78.9 Å². The first kappa shape index (κ1) is 74.5. The highest BCUT2D eigenvalue weighted by atomic mass is 16.6. The number of carbonyl (C=O) groups excluding carboxylic acids is 3. The molecule has 0 aliphatic heterocycles. The standard InChI is InChI=1S/C73H120O6/c1-4-7-10-13-16-19-22-25-27-29-31-33-35-36-38-39-41-43-45-48-51-54-57-60-63-66-72(75)78-69-70(68-77-71(74)65-62-59-56-53-50-47-24-21-18-15-12-9-6-3)79-73(76)67-64-61-58-55-52-49-46-44-42-40-37-34-32-30-28-26-23-20-17-14-11-8-5-2/h8,11-12,15,17,20-22,24-26,28-29,31-32,34,40,42,46,49,55,58,70H,4-7,9-10,13-14,16,18-19,23,27,30,33,35-39,41,43-45,47-48,50-54,56-57,59-69H2,1-3H3/b11-8-,15-12-,20-17-,24-21-,25-22-,28-26-,31-29-,34-32-,42-40-,49-46-,58-55-. The number of rotatable bonds is 58. The molecule has 79 heavy (non-hydrogen) atoms. The first-order chi connectivity index (χ1) is 39.0. The first-order valence-electron chi connectivity index (χ1n) is 32.7. The van der Waals surface area contributed by atoms with E-state index >= 15 is 0 Å². The van der Waals surface area contributed by atoms with Crippen molar-refractivity contribution < 1.29 is 28.6 Å². The van der Waals surface area contributed by atoms with Crippen LogP contribution in [-0.4, -0.2) is 37.2 Å². The molecule has 448 valence electrons. The molecule has 0 rings (SSSR count). The van der Waals surface area contributed by atoms with Gasteiger partial charge in [0, 0.05) is 19.3 Å². The fourth-order valence-electron chi connectivity index (χ4n) is 8.74. The summed E-state index contributed by atoms with van der Waals surface area (Å²) >= 11 is 0. The van der Waals surface area contributed by atoms with E-state index in [4.69, 9.17) is 14.2 Å². The number of esters is 3. The van der Waals surface area contributed by atoms with Crippen molar-refractivity contribution in [1.82, 2.24) is 0 Å². The zero-order valence-electron chi connectivity index (χ0n) is 51.3. The van der Waals surface area contributed by atoms with Gasteiger partial charge < -0.3 is 14.2 Å². The average molecular weight is 1090 g/mol. The Morgan fingerprint density at radius 1 is 0.266 bits per heavy atom. The Morgan fingerprint density at radius 2 is 0.532 bits per heavy atom. The number of ether oxygens (including phenoxy) is 3. The molecule has 0 heterocycles. The van der Waals surface area contributed by atoms with Crippen LogP contribution in [0.25, 0.3) is 0 Å². The van der Waals surface area contributed by atoms with Gasteiger partial charge in [-0.2, -0.15) is 0 Å². The molecular formula is C73H120O6. The van der Waals surface area contributed by atoms with Gasteiger partial charge in [-0.15, -0.1) is 0 Å². The molecule has 0 aromatic heterocycles. The zero-order chi connectivity index (χ0) is 57.1. The molecule has 0 saturated carbocycles. The second kappa shape index (κ2) is 66.1. The molecule has 6 nitrogen and oxygen atoms in total. The summed E-state index contributed by atoms with van der Waals surface area (Å²) in [6.07, 6.45) is 93.2. The molecule has 0 fully saturated rings. The van der Waals surface area contributed by atoms with E-state index in [1.54, 1.807) is 0 Å². The number of carbonyl (C=O) groups is 3. The molecule has 0 radical (unpaired) electrons. The fourth-order valence-corrected chi connectivity index (χ4v) is 8.74. The lowest BCUT2D eigenvalue weighted by atomic mass is 10.0. The summed E-state index contributed by atoms with van der Waals surface area (Å²) in [6.45, 7) is 6.40. The fraction of sp³-hybridized carbons (Fsp3) is 0.658. The smallest absolute Gasteiger partial charge is 0.306 e. The Morgan fingerprint density at radius 3 is 0.861 bits per heavy atom. The monoisotopic (exact) mass is 1090 g/mol.